The molecule has 1 amide bonds. The molecule has 1 fully saturated rings. The number of benzene rings is 1. The van der Waals surface area contributed by atoms with Gasteiger partial charge in [-0.2, -0.15) is 23.4 Å². The number of alkyl halides is 3. The molecule has 1 unspecified atom stereocenters. The Bertz CT molecular complexity index is 1010. The summed E-state index contributed by atoms with van der Waals surface area (Å²) < 4.78 is 43.2. The average Bonchev–Trinajstić information content (AvgIpc) is 3.35. The van der Waals surface area contributed by atoms with Gasteiger partial charge in [0.15, 0.2) is 5.69 Å². The minimum Gasteiger partial charge on any atom is -0.330 e. The molecular formula is C20H20F3N5O. The normalized spacial score (nSPS) is 17.5. The summed E-state index contributed by atoms with van der Waals surface area (Å²) in [6.07, 6.45) is 1.37. The summed E-state index contributed by atoms with van der Waals surface area (Å²) in [6.45, 7) is 0.470. The predicted octanol–water partition coefficient (Wildman–Crippen LogP) is 3.99. The number of likely N-dealkylation sites (tertiary alicyclic amines) is 1. The van der Waals surface area contributed by atoms with Gasteiger partial charge in [0.2, 0.25) is 0 Å². The molecule has 29 heavy (non-hydrogen) atoms. The van der Waals surface area contributed by atoms with Crippen molar-refractivity contribution < 1.29 is 18.0 Å². The lowest BCUT2D eigenvalue weighted by Crippen LogP contribution is -2.38. The van der Waals surface area contributed by atoms with Gasteiger partial charge in [-0.25, -0.2) is 4.68 Å². The minimum absolute atomic E-state index is 0.211. The van der Waals surface area contributed by atoms with E-state index in [1.54, 1.807) is 41.0 Å². The Hall–Kier alpha value is -3.10. The molecule has 0 saturated carbocycles. The smallest absolute Gasteiger partial charge is 0.330 e. The second-order valence-electron chi connectivity index (χ2n) is 7.12. The molecule has 3 heterocycles. The molecule has 9 heteroatoms. The van der Waals surface area contributed by atoms with E-state index in [1.165, 1.54) is 12.1 Å². The summed E-state index contributed by atoms with van der Waals surface area (Å²) in [4.78, 5) is 14.8. The Morgan fingerprint density at radius 1 is 1.17 bits per heavy atom. The first kappa shape index (κ1) is 19.2. The molecule has 0 spiro atoms. The molecule has 1 aliphatic heterocycles. The predicted molar refractivity (Wildman–Crippen MR) is 99.4 cm³/mol. The zero-order valence-electron chi connectivity index (χ0n) is 15.8. The topological polar surface area (TPSA) is 56.0 Å². The standard InChI is InChI=1S/C20H20F3N5O/c1-26-13-14(12-24-26)17-9-5-6-10-27(17)19(29)16-11-18(20(21,22)23)28(25-16)15-7-3-2-4-8-15/h2-4,7-8,11-13,17H,5-6,9-10H2,1H3. The van der Waals surface area contributed by atoms with Crippen molar-refractivity contribution in [3.05, 3.63) is 65.7 Å². The summed E-state index contributed by atoms with van der Waals surface area (Å²) in [5.74, 6) is -0.501. The van der Waals surface area contributed by atoms with Gasteiger partial charge >= 0.3 is 6.18 Å². The number of halogens is 3. The van der Waals surface area contributed by atoms with Gasteiger partial charge in [-0.1, -0.05) is 18.2 Å². The molecule has 4 rings (SSSR count). The lowest BCUT2D eigenvalue weighted by molar-refractivity contribution is -0.142. The second-order valence-corrected chi connectivity index (χ2v) is 7.12. The fourth-order valence-electron chi connectivity index (χ4n) is 3.73. The summed E-state index contributed by atoms with van der Waals surface area (Å²) in [6, 6.07) is 8.62. The fraction of sp³-hybridized carbons (Fsp3) is 0.350. The van der Waals surface area contributed by atoms with Crippen LogP contribution in [-0.2, 0) is 13.2 Å². The van der Waals surface area contributed by atoms with Gasteiger partial charge < -0.3 is 4.90 Å². The first-order valence-corrected chi connectivity index (χ1v) is 9.37. The van der Waals surface area contributed by atoms with Gasteiger partial charge in [0.05, 0.1) is 17.9 Å². The van der Waals surface area contributed by atoms with Crippen LogP contribution < -0.4 is 0 Å². The van der Waals surface area contributed by atoms with Crippen LogP contribution in [0.25, 0.3) is 5.69 Å². The van der Waals surface area contributed by atoms with E-state index in [1.807, 2.05) is 6.20 Å². The van der Waals surface area contributed by atoms with E-state index in [9.17, 15) is 18.0 Å². The summed E-state index contributed by atoms with van der Waals surface area (Å²) in [5, 5.41) is 8.20. The number of carbonyl (C=O) groups excluding carboxylic acids is 1. The van der Waals surface area contributed by atoms with Crippen LogP contribution in [0, 0.1) is 0 Å². The highest BCUT2D eigenvalue weighted by atomic mass is 19.4. The third-order valence-corrected chi connectivity index (χ3v) is 5.09. The van der Waals surface area contributed by atoms with Crippen LogP contribution in [0.15, 0.2) is 48.8 Å². The Labute approximate surface area is 165 Å². The molecule has 1 aliphatic rings. The number of amides is 1. The molecule has 0 aliphatic carbocycles. The molecule has 2 aromatic heterocycles. The quantitative estimate of drug-likeness (QED) is 0.665. The van der Waals surface area contributed by atoms with Crippen molar-refractivity contribution in [1.29, 1.82) is 0 Å². The van der Waals surface area contributed by atoms with E-state index < -0.39 is 17.8 Å². The number of piperidine rings is 1. The van der Waals surface area contributed by atoms with Gasteiger partial charge in [-0.3, -0.25) is 9.48 Å². The van der Waals surface area contributed by atoms with Gasteiger partial charge in [0.25, 0.3) is 5.91 Å². The molecule has 1 saturated heterocycles. The van der Waals surface area contributed by atoms with Crippen LogP contribution in [-0.4, -0.2) is 36.9 Å². The third kappa shape index (κ3) is 3.76. The molecule has 0 N–H and O–H groups in total. The highest BCUT2D eigenvalue weighted by molar-refractivity contribution is 5.93. The molecule has 152 valence electrons. The van der Waals surface area contributed by atoms with E-state index in [2.05, 4.69) is 10.2 Å². The fourth-order valence-corrected chi connectivity index (χ4v) is 3.73. The van der Waals surface area contributed by atoms with E-state index in [4.69, 9.17) is 0 Å². The number of nitrogens with zero attached hydrogens (tertiary/aromatic N) is 5. The van der Waals surface area contributed by atoms with Crippen molar-refractivity contribution in [3.8, 4) is 5.69 Å². The van der Waals surface area contributed by atoms with Crippen LogP contribution in [0.2, 0.25) is 0 Å². The number of aromatic nitrogens is 4. The van der Waals surface area contributed by atoms with Gasteiger partial charge in [0, 0.05) is 31.4 Å². The lowest BCUT2D eigenvalue weighted by atomic mass is 9.97. The van der Waals surface area contributed by atoms with Gasteiger partial charge in [-0.15, -0.1) is 0 Å². The molecule has 3 aromatic rings. The molecule has 0 radical (unpaired) electrons. The number of hydrogen-bond acceptors (Lipinski definition) is 3. The number of rotatable bonds is 3. The summed E-state index contributed by atoms with van der Waals surface area (Å²) >= 11 is 0. The average molecular weight is 403 g/mol. The molecule has 6 nitrogen and oxygen atoms in total. The van der Waals surface area contributed by atoms with E-state index >= 15 is 0 Å². The van der Waals surface area contributed by atoms with Crippen LogP contribution in [0.1, 0.15) is 47.1 Å². The molecule has 1 atom stereocenters. The molecular weight excluding hydrogens is 383 g/mol. The number of para-hydroxylation sites is 1. The Morgan fingerprint density at radius 3 is 2.59 bits per heavy atom. The van der Waals surface area contributed by atoms with Crippen LogP contribution in [0.4, 0.5) is 13.2 Å². The van der Waals surface area contributed by atoms with E-state index in [-0.39, 0.29) is 17.4 Å². The van der Waals surface area contributed by atoms with E-state index in [0.717, 1.165) is 35.6 Å². The van der Waals surface area contributed by atoms with Gasteiger partial charge in [-0.05, 0) is 31.4 Å². The van der Waals surface area contributed by atoms with Gasteiger partial charge in [0.1, 0.15) is 5.69 Å². The largest absolute Gasteiger partial charge is 0.433 e. The first-order chi connectivity index (χ1) is 13.8. The maximum Gasteiger partial charge on any atom is 0.433 e. The lowest BCUT2D eigenvalue weighted by Gasteiger charge is -2.34. The summed E-state index contributed by atoms with van der Waals surface area (Å²) in [5.41, 5.74) is -0.0561. The molecule has 0 bridgehead atoms. The summed E-state index contributed by atoms with van der Waals surface area (Å²) in [7, 11) is 1.79. The first-order valence-electron chi connectivity index (χ1n) is 9.37. The number of aryl methyl sites for hydroxylation is 1. The minimum atomic E-state index is -4.63. The maximum atomic E-state index is 13.6. The maximum absolute atomic E-state index is 13.6. The highest BCUT2D eigenvalue weighted by Crippen LogP contribution is 2.34. The Balaban J connectivity index is 1.72. The van der Waals surface area contributed by atoms with Crippen molar-refractivity contribution in [2.24, 2.45) is 7.05 Å². The number of carbonyl (C=O) groups is 1. The Morgan fingerprint density at radius 2 is 1.93 bits per heavy atom. The third-order valence-electron chi connectivity index (χ3n) is 5.09. The van der Waals surface area contributed by atoms with E-state index in [0.29, 0.717) is 6.54 Å². The monoisotopic (exact) mass is 403 g/mol. The van der Waals surface area contributed by atoms with Crippen molar-refractivity contribution in [3.63, 3.8) is 0 Å². The zero-order chi connectivity index (χ0) is 20.6. The zero-order valence-corrected chi connectivity index (χ0v) is 15.8. The van der Waals surface area contributed by atoms with Crippen molar-refractivity contribution >= 4 is 5.91 Å². The van der Waals surface area contributed by atoms with Crippen molar-refractivity contribution in [2.45, 2.75) is 31.5 Å². The SMILES string of the molecule is Cn1cc(C2CCCCN2C(=O)c2cc(C(F)(F)F)n(-c3ccccc3)n2)cn1. The van der Waals surface area contributed by atoms with Crippen LogP contribution in [0.5, 0.6) is 0 Å². The van der Waals surface area contributed by atoms with Crippen molar-refractivity contribution in [1.82, 2.24) is 24.5 Å². The second kappa shape index (κ2) is 7.38. The molecule has 1 aromatic carbocycles. The Kier molecular flexibility index (Phi) is 4.89. The van der Waals surface area contributed by atoms with Crippen LogP contribution in [0.3, 0.4) is 0 Å². The highest BCUT2D eigenvalue weighted by Gasteiger charge is 2.39. The number of hydrogen-bond donors (Lipinski definition) is 0. The van der Waals surface area contributed by atoms with Crippen molar-refractivity contribution in [2.75, 3.05) is 6.54 Å². The van der Waals surface area contributed by atoms with Crippen LogP contribution >= 0.6 is 0 Å².